The molecule has 0 aromatic rings. The minimum atomic E-state index is -1.29. The van der Waals surface area contributed by atoms with Crippen molar-refractivity contribution in [3.05, 3.63) is 11.1 Å². The Bertz CT molecular complexity index is 940. The molecule has 6 atom stereocenters. The summed E-state index contributed by atoms with van der Waals surface area (Å²) in [6, 6.07) is 0. The summed E-state index contributed by atoms with van der Waals surface area (Å²) in [6.45, 7) is 18.9. The van der Waals surface area contributed by atoms with Crippen molar-refractivity contribution >= 4 is 11.8 Å². The van der Waals surface area contributed by atoms with Crippen LogP contribution in [-0.2, 0) is 29.1 Å². The van der Waals surface area contributed by atoms with Gasteiger partial charge in [0.15, 0.2) is 0 Å². The van der Waals surface area contributed by atoms with Gasteiger partial charge < -0.3 is 0 Å². The molecule has 7 aliphatic rings. The molecule has 7 nitrogen and oxygen atoms in total. The first kappa shape index (κ1) is 27.3. The third kappa shape index (κ3) is 4.14. The highest BCUT2D eigenvalue weighted by Gasteiger charge is 2.62. The van der Waals surface area contributed by atoms with E-state index < -0.39 is 17.0 Å². The molecule has 0 N–H and O–H groups in total. The lowest BCUT2D eigenvalue weighted by Gasteiger charge is -2.63. The number of rotatable bonds is 9. The van der Waals surface area contributed by atoms with Crippen LogP contribution in [-0.4, -0.2) is 40.2 Å². The Morgan fingerprint density at radius 3 is 1.54 bits per heavy atom. The molecule has 1 heterocycles. The zero-order valence-electron chi connectivity index (χ0n) is 24.4. The van der Waals surface area contributed by atoms with Crippen molar-refractivity contribution in [3.8, 4) is 0 Å². The van der Waals surface area contributed by atoms with Crippen molar-refractivity contribution in [1.29, 1.82) is 0 Å². The molecule has 0 radical (unpaired) electrons. The molecule has 208 valence electrons. The van der Waals surface area contributed by atoms with Gasteiger partial charge in [-0.05, 0) is 108 Å². The lowest BCUT2D eigenvalue weighted by Crippen LogP contribution is -2.62. The normalized spacial score (nSPS) is 41.4. The van der Waals surface area contributed by atoms with Crippen molar-refractivity contribution in [3.63, 3.8) is 0 Å². The highest BCUT2D eigenvalue weighted by Crippen LogP contribution is 2.65. The molecule has 6 unspecified atom stereocenters. The van der Waals surface area contributed by atoms with Crippen molar-refractivity contribution in [2.45, 2.75) is 124 Å². The summed E-state index contributed by atoms with van der Waals surface area (Å²) in [7, 11) is 0. The van der Waals surface area contributed by atoms with E-state index in [9.17, 15) is 9.59 Å². The lowest BCUT2D eigenvalue weighted by atomic mass is 9.44. The maximum absolute atomic E-state index is 12.7. The van der Waals surface area contributed by atoms with Crippen LogP contribution in [0.4, 0.5) is 0 Å². The van der Waals surface area contributed by atoms with Crippen LogP contribution >= 0.6 is 0 Å². The second-order valence-corrected chi connectivity index (χ2v) is 14.5. The number of hydrogen-bond acceptors (Lipinski definition) is 6. The third-order valence-electron chi connectivity index (χ3n) is 11.7. The van der Waals surface area contributed by atoms with Gasteiger partial charge in [-0.2, -0.15) is 9.78 Å². The molecule has 7 heteroatoms. The average molecular weight is 518 g/mol. The second kappa shape index (κ2) is 8.61. The van der Waals surface area contributed by atoms with Gasteiger partial charge in [-0.25, -0.2) is 9.78 Å². The van der Waals surface area contributed by atoms with Gasteiger partial charge in [0.2, 0.25) is 5.79 Å². The van der Waals surface area contributed by atoms with Crippen molar-refractivity contribution in [1.82, 2.24) is 4.90 Å². The fourth-order valence-electron chi connectivity index (χ4n) is 8.35. The molecule has 7 rings (SSSR count). The standard InChI is InChI=1S/C30H47NO6/c1-18-19(2)25(33)31(24(18)32)15-14-30(9,36-34-28(7)12-10-20-16-22(28)26(20,3)4)37-35-29(8)13-11-21-17-23(29)27(21,5)6/h20-23H,10-17H2,1-9H3. The van der Waals surface area contributed by atoms with E-state index in [4.69, 9.17) is 19.6 Å². The summed E-state index contributed by atoms with van der Waals surface area (Å²) >= 11 is 0. The third-order valence-corrected chi connectivity index (χ3v) is 11.7. The predicted molar refractivity (Wildman–Crippen MR) is 138 cm³/mol. The van der Waals surface area contributed by atoms with Gasteiger partial charge in [-0.3, -0.25) is 14.5 Å². The largest absolute Gasteiger partial charge is 0.275 e. The van der Waals surface area contributed by atoms with Crippen LogP contribution in [0.5, 0.6) is 0 Å². The van der Waals surface area contributed by atoms with E-state index in [0.29, 0.717) is 23.0 Å². The van der Waals surface area contributed by atoms with Gasteiger partial charge in [0, 0.05) is 24.1 Å². The first-order valence-electron chi connectivity index (χ1n) is 14.3. The summed E-state index contributed by atoms with van der Waals surface area (Å²) in [5.74, 6) is 0.503. The Hall–Kier alpha value is -1.28. The molecular formula is C30H47NO6. The zero-order chi connectivity index (χ0) is 27.2. The highest BCUT2D eigenvalue weighted by atomic mass is 17.3. The van der Waals surface area contributed by atoms with Gasteiger partial charge in [0.05, 0.1) is 0 Å². The smallest absolute Gasteiger partial charge is 0.256 e. The Labute approximate surface area is 222 Å². The summed E-state index contributed by atoms with van der Waals surface area (Å²) in [5, 5.41) is 0. The van der Waals surface area contributed by atoms with Crippen LogP contribution in [0.3, 0.4) is 0 Å². The van der Waals surface area contributed by atoms with Crippen LogP contribution in [0, 0.1) is 34.5 Å². The fourth-order valence-corrected chi connectivity index (χ4v) is 8.35. The number of fused-ring (bicyclic) bond motifs is 4. The number of carbonyl (C=O) groups is 2. The van der Waals surface area contributed by atoms with Gasteiger partial charge in [-0.15, -0.1) is 0 Å². The maximum atomic E-state index is 12.7. The number of imide groups is 1. The molecular weight excluding hydrogens is 470 g/mol. The van der Waals surface area contributed by atoms with E-state index in [-0.39, 0.29) is 35.6 Å². The molecule has 6 aliphatic carbocycles. The predicted octanol–water partition coefficient (Wildman–Crippen LogP) is 6.12. The first-order valence-corrected chi connectivity index (χ1v) is 14.3. The number of carbonyl (C=O) groups excluding carboxylic acids is 2. The summed E-state index contributed by atoms with van der Waals surface area (Å²) in [4.78, 5) is 51.6. The minimum absolute atomic E-state index is 0.164. The molecule has 6 fully saturated rings. The lowest BCUT2D eigenvalue weighted by molar-refractivity contribution is -0.557. The van der Waals surface area contributed by atoms with Gasteiger partial charge in [-0.1, -0.05) is 27.7 Å². The second-order valence-electron chi connectivity index (χ2n) is 14.5. The van der Waals surface area contributed by atoms with Gasteiger partial charge >= 0.3 is 0 Å². The fraction of sp³-hybridized carbons (Fsp3) is 0.867. The zero-order valence-corrected chi connectivity index (χ0v) is 24.4. The van der Waals surface area contributed by atoms with Crippen molar-refractivity contribution in [2.75, 3.05) is 6.54 Å². The molecule has 37 heavy (non-hydrogen) atoms. The Morgan fingerprint density at radius 1 is 0.784 bits per heavy atom. The van der Waals surface area contributed by atoms with Crippen LogP contribution in [0.25, 0.3) is 0 Å². The van der Waals surface area contributed by atoms with E-state index in [0.717, 1.165) is 50.4 Å². The first-order chi connectivity index (χ1) is 17.0. The molecule has 1 aliphatic heterocycles. The summed E-state index contributed by atoms with van der Waals surface area (Å²) in [5.41, 5.74) is 0.592. The van der Waals surface area contributed by atoms with E-state index in [2.05, 4.69) is 41.5 Å². The van der Waals surface area contributed by atoms with E-state index in [1.807, 2.05) is 0 Å². The Kier molecular flexibility index (Phi) is 6.35. The number of amides is 2. The molecule has 6 saturated carbocycles. The summed E-state index contributed by atoms with van der Waals surface area (Å²) in [6.07, 6.45) is 6.65. The number of nitrogens with zero attached hydrogens (tertiary/aromatic N) is 1. The molecule has 0 spiro atoms. The molecule has 2 amide bonds. The molecule has 0 saturated heterocycles. The Balaban J connectivity index is 1.30. The minimum Gasteiger partial charge on any atom is -0.275 e. The van der Waals surface area contributed by atoms with Crippen LogP contribution < -0.4 is 0 Å². The van der Waals surface area contributed by atoms with Crippen molar-refractivity contribution < 1.29 is 29.1 Å². The Morgan fingerprint density at radius 2 is 1.19 bits per heavy atom. The number of hydrogen-bond donors (Lipinski definition) is 0. The van der Waals surface area contributed by atoms with E-state index >= 15 is 0 Å². The topological polar surface area (TPSA) is 74.3 Å². The quantitative estimate of drug-likeness (QED) is 0.159. The summed E-state index contributed by atoms with van der Waals surface area (Å²) < 4.78 is 0. The molecule has 0 aromatic heterocycles. The van der Waals surface area contributed by atoms with Crippen LogP contribution in [0.2, 0.25) is 0 Å². The van der Waals surface area contributed by atoms with E-state index in [1.54, 1.807) is 20.8 Å². The maximum Gasteiger partial charge on any atom is 0.256 e. The molecule has 0 aromatic carbocycles. The monoisotopic (exact) mass is 517 g/mol. The van der Waals surface area contributed by atoms with Gasteiger partial charge in [0.1, 0.15) is 11.2 Å². The van der Waals surface area contributed by atoms with Gasteiger partial charge in [0.25, 0.3) is 11.8 Å². The average Bonchev–Trinajstić information content (AvgIpc) is 3.02. The highest BCUT2D eigenvalue weighted by molar-refractivity contribution is 6.18. The molecule has 4 bridgehead atoms. The van der Waals surface area contributed by atoms with E-state index in [1.165, 1.54) is 4.90 Å². The SMILES string of the molecule is CC1=C(C)C(=O)N(CCC(C)(OOC2(C)CCC3CC2C3(C)C)OOC2(C)CCC3CC2C3(C)C)C1=O. The van der Waals surface area contributed by atoms with Crippen molar-refractivity contribution in [2.24, 2.45) is 34.5 Å². The van der Waals surface area contributed by atoms with Crippen LogP contribution in [0.1, 0.15) is 107 Å². The van der Waals surface area contributed by atoms with Crippen LogP contribution in [0.15, 0.2) is 11.1 Å².